The van der Waals surface area contributed by atoms with Gasteiger partial charge in [0.1, 0.15) is 0 Å². The highest BCUT2D eigenvalue weighted by Gasteiger charge is 2.54. The second-order valence-corrected chi connectivity index (χ2v) is 7.35. The Kier molecular flexibility index (Phi) is 4.33. The van der Waals surface area contributed by atoms with Crippen LogP contribution in [-0.4, -0.2) is 46.3 Å². The van der Waals surface area contributed by atoms with Gasteiger partial charge in [0, 0.05) is 36.2 Å². The van der Waals surface area contributed by atoms with E-state index in [4.69, 9.17) is 0 Å². The SMILES string of the molecule is O=C(CCCc1cccs1)N1CCC2(CC1)[C@H](O)C[C@@H]2O. The topological polar surface area (TPSA) is 60.8 Å². The first kappa shape index (κ1) is 15.0. The number of aryl methyl sites for hydroxylation is 1. The van der Waals surface area contributed by atoms with Crippen molar-refractivity contribution in [1.29, 1.82) is 0 Å². The molecule has 1 aliphatic heterocycles. The maximum atomic E-state index is 12.2. The van der Waals surface area contributed by atoms with Gasteiger partial charge in [-0.3, -0.25) is 4.79 Å². The molecule has 5 heteroatoms. The minimum atomic E-state index is -0.386. The molecule has 0 aromatic carbocycles. The number of piperidine rings is 1. The van der Waals surface area contributed by atoms with Gasteiger partial charge < -0.3 is 15.1 Å². The number of hydrogen-bond acceptors (Lipinski definition) is 4. The summed E-state index contributed by atoms with van der Waals surface area (Å²) in [5.41, 5.74) is -0.326. The lowest BCUT2D eigenvalue weighted by atomic mass is 9.58. The number of nitrogens with zero attached hydrogens (tertiary/aromatic N) is 1. The van der Waals surface area contributed by atoms with Crippen molar-refractivity contribution in [2.24, 2.45) is 5.41 Å². The van der Waals surface area contributed by atoms with Crippen LogP contribution in [-0.2, 0) is 11.2 Å². The average molecular weight is 309 g/mol. The molecule has 21 heavy (non-hydrogen) atoms. The molecular formula is C16H23NO3S. The van der Waals surface area contributed by atoms with Crippen LogP contribution in [0.5, 0.6) is 0 Å². The molecule has 2 fully saturated rings. The minimum absolute atomic E-state index is 0.213. The number of aliphatic hydroxyl groups excluding tert-OH is 2. The van der Waals surface area contributed by atoms with Gasteiger partial charge in [0.15, 0.2) is 0 Å². The predicted octanol–water partition coefficient (Wildman–Crippen LogP) is 1.81. The van der Waals surface area contributed by atoms with Crippen molar-refractivity contribution in [2.75, 3.05) is 13.1 Å². The van der Waals surface area contributed by atoms with Crippen LogP contribution in [0.1, 0.15) is 37.0 Å². The van der Waals surface area contributed by atoms with E-state index in [1.165, 1.54) is 4.88 Å². The van der Waals surface area contributed by atoms with Gasteiger partial charge in [0.05, 0.1) is 12.2 Å². The van der Waals surface area contributed by atoms with Crippen LogP contribution >= 0.6 is 11.3 Å². The first-order valence-electron chi connectivity index (χ1n) is 7.78. The van der Waals surface area contributed by atoms with Crippen molar-refractivity contribution in [1.82, 2.24) is 4.90 Å². The Bertz CT molecular complexity index is 470. The summed E-state index contributed by atoms with van der Waals surface area (Å²) in [6.07, 6.45) is 3.64. The number of thiophene rings is 1. The molecule has 4 nitrogen and oxygen atoms in total. The third-order valence-electron chi connectivity index (χ3n) is 5.21. The molecule has 1 spiro atoms. The molecule has 1 aromatic rings. The first-order chi connectivity index (χ1) is 10.1. The zero-order valence-corrected chi connectivity index (χ0v) is 13.0. The van der Waals surface area contributed by atoms with E-state index in [0.29, 0.717) is 25.9 Å². The maximum absolute atomic E-state index is 12.2. The summed E-state index contributed by atoms with van der Waals surface area (Å²) >= 11 is 1.74. The quantitative estimate of drug-likeness (QED) is 0.891. The molecule has 116 valence electrons. The smallest absolute Gasteiger partial charge is 0.222 e. The van der Waals surface area contributed by atoms with Gasteiger partial charge >= 0.3 is 0 Å². The molecule has 2 N–H and O–H groups in total. The normalized spacial score (nSPS) is 27.6. The van der Waals surface area contributed by atoms with E-state index in [1.54, 1.807) is 11.3 Å². The van der Waals surface area contributed by atoms with E-state index in [0.717, 1.165) is 25.7 Å². The van der Waals surface area contributed by atoms with Gasteiger partial charge in [-0.25, -0.2) is 0 Å². The largest absolute Gasteiger partial charge is 0.392 e. The molecule has 2 atom stereocenters. The van der Waals surface area contributed by atoms with Gasteiger partial charge in [-0.2, -0.15) is 0 Å². The number of aliphatic hydroxyl groups is 2. The zero-order chi connectivity index (χ0) is 14.9. The fourth-order valence-corrected chi connectivity index (χ4v) is 4.36. The second kappa shape index (κ2) is 6.07. The van der Waals surface area contributed by atoms with E-state index >= 15 is 0 Å². The fourth-order valence-electron chi connectivity index (χ4n) is 3.61. The summed E-state index contributed by atoms with van der Waals surface area (Å²) in [5.74, 6) is 0.213. The lowest BCUT2D eigenvalue weighted by Crippen LogP contribution is -2.61. The Morgan fingerprint density at radius 2 is 2.05 bits per heavy atom. The van der Waals surface area contributed by atoms with Gasteiger partial charge in [0.2, 0.25) is 5.91 Å². The molecule has 1 aliphatic carbocycles. The van der Waals surface area contributed by atoms with Gasteiger partial charge in [-0.1, -0.05) is 6.07 Å². The maximum Gasteiger partial charge on any atom is 0.222 e. The van der Waals surface area contributed by atoms with Crippen LogP contribution in [0.3, 0.4) is 0 Å². The minimum Gasteiger partial charge on any atom is -0.392 e. The third-order valence-corrected chi connectivity index (χ3v) is 6.15. The summed E-state index contributed by atoms with van der Waals surface area (Å²) in [4.78, 5) is 15.4. The summed E-state index contributed by atoms with van der Waals surface area (Å²) in [5, 5.41) is 21.9. The van der Waals surface area contributed by atoms with Crippen LogP contribution in [0, 0.1) is 5.41 Å². The third kappa shape index (κ3) is 2.87. The summed E-state index contributed by atoms with van der Waals surface area (Å²) in [6, 6.07) is 4.15. The van der Waals surface area contributed by atoms with E-state index in [2.05, 4.69) is 11.4 Å². The molecular weight excluding hydrogens is 286 g/mol. The molecule has 0 unspecified atom stereocenters. The molecule has 1 amide bonds. The molecule has 0 radical (unpaired) electrons. The number of hydrogen-bond donors (Lipinski definition) is 2. The predicted molar refractivity (Wildman–Crippen MR) is 82.1 cm³/mol. The molecule has 1 aromatic heterocycles. The summed E-state index contributed by atoms with van der Waals surface area (Å²) < 4.78 is 0. The van der Waals surface area contributed by atoms with Crippen LogP contribution < -0.4 is 0 Å². The van der Waals surface area contributed by atoms with Crippen LogP contribution in [0.15, 0.2) is 17.5 Å². The lowest BCUT2D eigenvalue weighted by Gasteiger charge is -2.55. The van der Waals surface area contributed by atoms with Crippen molar-refractivity contribution < 1.29 is 15.0 Å². The highest BCUT2D eigenvalue weighted by molar-refractivity contribution is 7.09. The van der Waals surface area contributed by atoms with Crippen LogP contribution in [0.25, 0.3) is 0 Å². The van der Waals surface area contributed by atoms with Crippen molar-refractivity contribution in [2.45, 2.75) is 50.7 Å². The number of carbonyl (C=O) groups is 1. The number of amides is 1. The Morgan fingerprint density at radius 1 is 1.33 bits per heavy atom. The zero-order valence-electron chi connectivity index (χ0n) is 12.2. The van der Waals surface area contributed by atoms with Gasteiger partial charge in [0.25, 0.3) is 0 Å². The highest BCUT2D eigenvalue weighted by atomic mass is 32.1. The Morgan fingerprint density at radius 3 is 2.62 bits per heavy atom. The lowest BCUT2D eigenvalue weighted by molar-refractivity contribution is -0.191. The summed E-state index contributed by atoms with van der Waals surface area (Å²) in [6.45, 7) is 1.35. The van der Waals surface area contributed by atoms with Gasteiger partial charge in [-0.05, 0) is 37.1 Å². The molecule has 2 heterocycles. The van der Waals surface area contributed by atoms with Crippen LogP contribution in [0.4, 0.5) is 0 Å². The van der Waals surface area contributed by atoms with E-state index in [-0.39, 0.29) is 23.5 Å². The Hall–Kier alpha value is -0.910. The van der Waals surface area contributed by atoms with Crippen molar-refractivity contribution >= 4 is 17.2 Å². The van der Waals surface area contributed by atoms with Crippen molar-refractivity contribution in [3.8, 4) is 0 Å². The molecule has 2 aliphatic rings. The molecule has 1 saturated carbocycles. The standard InChI is InChI=1S/C16H23NO3S/c18-13-11-14(19)16(13)6-8-17(9-7-16)15(20)5-1-3-12-4-2-10-21-12/h2,4,10,13-14,18-19H,1,3,5-9,11H2/t13-,14+. The van der Waals surface area contributed by atoms with E-state index < -0.39 is 0 Å². The molecule has 3 rings (SSSR count). The first-order valence-corrected chi connectivity index (χ1v) is 8.66. The molecule has 1 saturated heterocycles. The second-order valence-electron chi connectivity index (χ2n) is 6.31. The monoisotopic (exact) mass is 309 g/mol. The Labute approximate surface area is 129 Å². The highest BCUT2D eigenvalue weighted by Crippen LogP contribution is 2.49. The fraction of sp³-hybridized carbons (Fsp3) is 0.688. The van der Waals surface area contributed by atoms with E-state index in [9.17, 15) is 15.0 Å². The number of rotatable bonds is 4. The van der Waals surface area contributed by atoms with Gasteiger partial charge in [-0.15, -0.1) is 11.3 Å². The summed E-state index contributed by atoms with van der Waals surface area (Å²) in [7, 11) is 0. The Balaban J connectivity index is 1.43. The number of likely N-dealkylation sites (tertiary alicyclic amines) is 1. The van der Waals surface area contributed by atoms with Crippen molar-refractivity contribution in [3.05, 3.63) is 22.4 Å². The van der Waals surface area contributed by atoms with Crippen LogP contribution in [0.2, 0.25) is 0 Å². The molecule has 0 bridgehead atoms. The average Bonchev–Trinajstić information content (AvgIpc) is 3.01. The van der Waals surface area contributed by atoms with E-state index in [1.807, 2.05) is 11.0 Å². The number of carbonyl (C=O) groups excluding carboxylic acids is 1. The van der Waals surface area contributed by atoms with Crippen molar-refractivity contribution in [3.63, 3.8) is 0 Å².